The Bertz CT molecular complexity index is 757. The Hall–Kier alpha value is -2.84. The summed E-state index contributed by atoms with van der Waals surface area (Å²) in [7, 11) is 0. The molecule has 0 unspecified atom stereocenters. The second kappa shape index (κ2) is 7.37. The second-order valence-corrected chi connectivity index (χ2v) is 6.38. The topological polar surface area (TPSA) is 116 Å². The van der Waals surface area contributed by atoms with Crippen molar-refractivity contribution >= 4 is 11.6 Å². The Balaban J connectivity index is 1.61. The van der Waals surface area contributed by atoms with Crippen LogP contribution in [0.4, 0.5) is 5.69 Å². The van der Waals surface area contributed by atoms with Crippen molar-refractivity contribution < 1.29 is 9.72 Å². The second-order valence-electron chi connectivity index (χ2n) is 6.38. The molecule has 1 fully saturated rings. The molecule has 1 aliphatic carbocycles. The third kappa shape index (κ3) is 4.17. The van der Waals surface area contributed by atoms with Crippen LogP contribution in [-0.2, 0) is 11.3 Å². The van der Waals surface area contributed by atoms with Crippen molar-refractivity contribution in [3.63, 3.8) is 0 Å². The number of carbonyl (C=O) groups excluding carboxylic acids is 1. The number of tetrazole rings is 1. The molecule has 0 bridgehead atoms. The van der Waals surface area contributed by atoms with Gasteiger partial charge in [0, 0.05) is 23.7 Å². The van der Waals surface area contributed by atoms with Gasteiger partial charge in [0.25, 0.3) is 5.69 Å². The maximum Gasteiger partial charge on any atom is 0.269 e. The van der Waals surface area contributed by atoms with E-state index in [1.54, 1.807) is 12.1 Å². The van der Waals surface area contributed by atoms with E-state index in [0.29, 0.717) is 17.3 Å². The summed E-state index contributed by atoms with van der Waals surface area (Å²) in [5.41, 5.74) is 0.607. The Morgan fingerprint density at radius 3 is 2.72 bits per heavy atom. The molecule has 2 atom stereocenters. The number of rotatable bonds is 5. The molecule has 0 radical (unpaired) electrons. The number of amides is 1. The summed E-state index contributed by atoms with van der Waals surface area (Å²) in [6, 6.07) is 6.09. The van der Waals surface area contributed by atoms with Gasteiger partial charge in [-0.3, -0.25) is 14.9 Å². The molecule has 0 spiro atoms. The number of non-ortho nitro benzene ring substituents is 1. The highest BCUT2D eigenvalue weighted by atomic mass is 16.6. The molecule has 1 saturated carbocycles. The van der Waals surface area contributed by atoms with Gasteiger partial charge in [0.2, 0.25) is 11.7 Å². The largest absolute Gasteiger partial charge is 0.351 e. The minimum Gasteiger partial charge on any atom is -0.351 e. The van der Waals surface area contributed by atoms with E-state index in [4.69, 9.17) is 0 Å². The van der Waals surface area contributed by atoms with Crippen LogP contribution in [0, 0.1) is 16.0 Å². The van der Waals surface area contributed by atoms with E-state index in [1.165, 1.54) is 23.4 Å². The summed E-state index contributed by atoms with van der Waals surface area (Å²) in [5, 5.41) is 25.7. The molecule has 1 aliphatic rings. The molecule has 1 aromatic carbocycles. The number of nitrogens with one attached hydrogen (secondary N) is 1. The number of nitro benzene ring substituents is 1. The van der Waals surface area contributed by atoms with Crippen LogP contribution in [0.15, 0.2) is 24.3 Å². The van der Waals surface area contributed by atoms with Crippen LogP contribution in [0.2, 0.25) is 0 Å². The Labute approximate surface area is 144 Å². The summed E-state index contributed by atoms with van der Waals surface area (Å²) in [6.45, 7) is 2.16. The molecule has 1 heterocycles. The zero-order chi connectivity index (χ0) is 17.8. The Kier molecular flexibility index (Phi) is 5.01. The molecule has 0 saturated heterocycles. The fourth-order valence-electron chi connectivity index (χ4n) is 3.07. The number of benzene rings is 1. The van der Waals surface area contributed by atoms with E-state index in [1.807, 2.05) is 0 Å². The van der Waals surface area contributed by atoms with Crippen molar-refractivity contribution in [2.75, 3.05) is 0 Å². The van der Waals surface area contributed by atoms with E-state index < -0.39 is 4.92 Å². The van der Waals surface area contributed by atoms with Crippen LogP contribution >= 0.6 is 0 Å². The average Bonchev–Trinajstić information content (AvgIpc) is 3.05. The number of carbonyl (C=O) groups is 1. The average molecular weight is 344 g/mol. The van der Waals surface area contributed by atoms with Crippen LogP contribution in [0.3, 0.4) is 0 Å². The van der Waals surface area contributed by atoms with Crippen molar-refractivity contribution in [1.82, 2.24) is 25.5 Å². The SMILES string of the molecule is C[C@@H]1CCCC[C@H]1NC(=O)Cn1nnc(-c2ccc([N+](=O)[O-])cc2)n1. The monoisotopic (exact) mass is 344 g/mol. The molecule has 1 N–H and O–H groups in total. The van der Waals surface area contributed by atoms with Crippen molar-refractivity contribution in [3.8, 4) is 11.4 Å². The minimum atomic E-state index is -0.468. The quantitative estimate of drug-likeness (QED) is 0.654. The fourth-order valence-corrected chi connectivity index (χ4v) is 3.07. The van der Waals surface area contributed by atoms with Gasteiger partial charge in [0.05, 0.1) is 4.92 Å². The van der Waals surface area contributed by atoms with Gasteiger partial charge in [-0.2, -0.15) is 4.80 Å². The molecule has 9 nitrogen and oxygen atoms in total. The van der Waals surface area contributed by atoms with E-state index in [2.05, 4.69) is 27.7 Å². The molecule has 1 aromatic heterocycles. The molecule has 9 heteroatoms. The van der Waals surface area contributed by atoms with Crippen molar-refractivity contribution in [2.45, 2.75) is 45.2 Å². The number of nitro groups is 1. The summed E-state index contributed by atoms with van der Waals surface area (Å²) in [5.74, 6) is 0.678. The first-order chi connectivity index (χ1) is 12.0. The smallest absolute Gasteiger partial charge is 0.269 e. The lowest BCUT2D eigenvalue weighted by Gasteiger charge is -2.29. The van der Waals surface area contributed by atoms with Crippen LogP contribution in [0.25, 0.3) is 11.4 Å². The summed E-state index contributed by atoms with van der Waals surface area (Å²) in [4.78, 5) is 23.6. The van der Waals surface area contributed by atoms with Crippen LogP contribution in [0.1, 0.15) is 32.6 Å². The normalized spacial score (nSPS) is 20.2. The maximum atomic E-state index is 12.2. The Morgan fingerprint density at radius 2 is 2.04 bits per heavy atom. The highest BCUT2D eigenvalue weighted by Crippen LogP contribution is 2.23. The molecule has 132 valence electrons. The molecule has 25 heavy (non-hydrogen) atoms. The van der Waals surface area contributed by atoms with Crippen LogP contribution in [-0.4, -0.2) is 37.1 Å². The maximum absolute atomic E-state index is 12.2. The molecule has 0 aliphatic heterocycles. The lowest BCUT2D eigenvalue weighted by Crippen LogP contribution is -2.42. The minimum absolute atomic E-state index is 0.00267. The lowest BCUT2D eigenvalue weighted by molar-refractivity contribution is -0.384. The molecule has 3 rings (SSSR count). The van der Waals surface area contributed by atoms with Gasteiger partial charge in [-0.15, -0.1) is 10.2 Å². The van der Waals surface area contributed by atoms with Gasteiger partial charge in [-0.1, -0.05) is 19.8 Å². The van der Waals surface area contributed by atoms with Crippen molar-refractivity contribution in [3.05, 3.63) is 34.4 Å². The first kappa shape index (κ1) is 17.0. The van der Waals surface area contributed by atoms with Gasteiger partial charge >= 0.3 is 0 Å². The third-order valence-corrected chi connectivity index (χ3v) is 4.53. The van der Waals surface area contributed by atoms with Crippen LogP contribution in [0.5, 0.6) is 0 Å². The van der Waals surface area contributed by atoms with Gasteiger partial charge in [0.1, 0.15) is 6.54 Å². The van der Waals surface area contributed by atoms with Gasteiger partial charge in [-0.05, 0) is 36.1 Å². The molecular weight excluding hydrogens is 324 g/mol. The zero-order valence-electron chi connectivity index (χ0n) is 14.0. The van der Waals surface area contributed by atoms with Gasteiger partial charge in [0.15, 0.2) is 0 Å². The van der Waals surface area contributed by atoms with Crippen molar-refractivity contribution in [1.29, 1.82) is 0 Å². The molecule has 2 aromatic rings. The third-order valence-electron chi connectivity index (χ3n) is 4.53. The summed E-state index contributed by atoms with van der Waals surface area (Å²) >= 11 is 0. The fraction of sp³-hybridized carbons (Fsp3) is 0.500. The summed E-state index contributed by atoms with van der Waals surface area (Å²) < 4.78 is 0. The number of hydrogen-bond acceptors (Lipinski definition) is 6. The standard InChI is InChI=1S/C16H20N6O3/c1-11-4-2-3-5-14(11)17-15(23)10-21-19-16(18-20-21)12-6-8-13(9-7-12)22(24)25/h6-9,11,14H,2-5,10H2,1H3,(H,17,23)/t11-,14-/m1/s1. The highest BCUT2D eigenvalue weighted by molar-refractivity contribution is 5.75. The van der Waals surface area contributed by atoms with Crippen molar-refractivity contribution in [2.24, 2.45) is 5.92 Å². The lowest BCUT2D eigenvalue weighted by atomic mass is 9.86. The van der Waals surface area contributed by atoms with E-state index in [0.717, 1.165) is 19.3 Å². The van der Waals surface area contributed by atoms with Crippen LogP contribution < -0.4 is 5.32 Å². The first-order valence-corrected chi connectivity index (χ1v) is 8.35. The number of hydrogen-bond donors (Lipinski definition) is 1. The Morgan fingerprint density at radius 1 is 1.32 bits per heavy atom. The van der Waals surface area contributed by atoms with E-state index in [9.17, 15) is 14.9 Å². The summed E-state index contributed by atoms with van der Waals surface area (Å²) in [6.07, 6.45) is 4.50. The molecule has 1 amide bonds. The zero-order valence-corrected chi connectivity index (χ0v) is 14.0. The van der Waals surface area contributed by atoms with E-state index >= 15 is 0 Å². The predicted molar refractivity (Wildman–Crippen MR) is 89.5 cm³/mol. The first-order valence-electron chi connectivity index (χ1n) is 8.35. The highest BCUT2D eigenvalue weighted by Gasteiger charge is 2.23. The van der Waals surface area contributed by atoms with Gasteiger partial charge in [-0.25, -0.2) is 0 Å². The number of nitrogens with zero attached hydrogens (tertiary/aromatic N) is 5. The van der Waals surface area contributed by atoms with E-state index in [-0.39, 0.29) is 24.2 Å². The molecular formula is C16H20N6O3. The number of aromatic nitrogens is 4. The van der Waals surface area contributed by atoms with Gasteiger partial charge < -0.3 is 5.32 Å². The predicted octanol–water partition coefficient (Wildman–Crippen LogP) is 1.94.